The number of aromatic nitrogens is 4. The van der Waals surface area contributed by atoms with E-state index < -0.39 is 0 Å². The van der Waals surface area contributed by atoms with Gasteiger partial charge in [0.2, 0.25) is 5.16 Å². The Morgan fingerprint density at radius 3 is 2.71 bits per heavy atom. The summed E-state index contributed by atoms with van der Waals surface area (Å²) in [5, 5.41) is 18.4. The number of ether oxygens (including phenoxy) is 2. The summed E-state index contributed by atoms with van der Waals surface area (Å²) in [6.45, 7) is 7.23. The molecule has 0 radical (unpaired) electrons. The Morgan fingerprint density at radius 2 is 2.07 bits per heavy atom. The van der Waals surface area contributed by atoms with E-state index in [-0.39, 0.29) is 18.1 Å². The van der Waals surface area contributed by atoms with Crippen molar-refractivity contribution in [1.29, 1.82) is 0 Å². The van der Waals surface area contributed by atoms with E-state index in [2.05, 4.69) is 26.2 Å². The van der Waals surface area contributed by atoms with Gasteiger partial charge in [-0.05, 0) is 48.9 Å². The molecule has 2 aromatic rings. The molecule has 1 heterocycles. The van der Waals surface area contributed by atoms with Gasteiger partial charge in [0.05, 0.1) is 7.11 Å². The number of tetrazole rings is 1. The number of rotatable bonds is 10. The molecule has 0 saturated heterocycles. The second-order valence-electron chi connectivity index (χ2n) is 7.18. The number of amides is 1. The molecule has 0 aliphatic heterocycles. The van der Waals surface area contributed by atoms with Crippen LogP contribution in [0.5, 0.6) is 11.5 Å². The Hall–Kier alpha value is -2.33. The number of benzene rings is 1. The first kappa shape index (κ1) is 22.0. The molecule has 0 spiro atoms. The van der Waals surface area contributed by atoms with Crippen LogP contribution in [-0.2, 0) is 18.4 Å². The molecular formula is C18H28N6O3S. The highest BCUT2D eigenvalue weighted by Crippen LogP contribution is 2.28. The van der Waals surface area contributed by atoms with Crippen LogP contribution in [0.25, 0.3) is 0 Å². The van der Waals surface area contributed by atoms with Gasteiger partial charge in [0.15, 0.2) is 18.1 Å². The Labute approximate surface area is 169 Å². The van der Waals surface area contributed by atoms with Crippen molar-refractivity contribution in [2.24, 2.45) is 7.05 Å². The molecule has 1 amide bonds. The number of thioether (sulfide) groups is 1. The number of methoxy groups -OCH3 is 1. The Balaban J connectivity index is 1.78. The van der Waals surface area contributed by atoms with E-state index in [4.69, 9.17) is 9.47 Å². The van der Waals surface area contributed by atoms with E-state index >= 15 is 0 Å². The van der Waals surface area contributed by atoms with Gasteiger partial charge in [-0.3, -0.25) is 4.79 Å². The maximum atomic E-state index is 11.9. The van der Waals surface area contributed by atoms with Crippen molar-refractivity contribution < 1.29 is 14.3 Å². The number of aryl methyl sites for hydroxylation is 1. The van der Waals surface area contributed by atoms with E-state index in [0.29, 0.717) is 18.0 Å². The largest absolute Gasteiger partial charge is 0.493 e. The quantitative estimate of drug-likeness (QED) is 0.449. The summed E-state index contributed by atoms with van der Waals surface area (Å²) in [6, 6.07) is 5.68. The van der Waals surface area contributed by atoms with Crippen molar-refractivity contribution in [2.75, 3.05) is 26.0 Å². The average molecular weight is 409 g/mol. The molecule has 2 N–H and O–H groups in total. The first-order chi connectivity index (χ1) is 13.3. The second kappa shape index (κ2) is 10.3. The molecule has 154 valence electrons. The average Bonchev–Trinajstić information content (AvgIpc) is 3.03. The molecule has 1 aromatic carbocycles. The van der Waals surface area contributed by atoms with Gasteiger partial charge < -0.3 is 20.1 Å². The first-order valence-electron chi connectivity index (χ1n) is 8.95. The normalized spacial score (nSPS) is 11.3. The Kier molecular flexibility index (Phi) is 8.06. The number of nitrogens with one attached hydrogen (secondary N) is 2. The maximum Gasteiger partial charge on any atom is 0.258 e. The van der Waals surface area contributed by atoms with E-state index in [1.54, 1.807) is 23.6 Å². The summed E-state index contributed by atoms with van der Waals surface area (Å²) in [7, 11) is 3.40. The molecule has 0 saturated carbocycles. The SMILES string of the molecule is COc1cc(CNCCSc2nnnn2C)ccc1OCC(=O)NC(C)(C)C. The first-order valence-corrected chi connectivity index (χ1v) is 9.93. The van der Waals surface area contributed by atoms with Crippen LogP contribution in [0, 0.1) is 0 Å². The highest BCUT2D eigenvalue weighted by atomic mass is 32.2. The van der Waals surface area contributed by atoms with Crippen LogP contribution in [0.15, 0.2) is 23.4 Å². The molecule has 9 nitrogen and oxygen atoms in total. The molecule has 2 rings (SSSR count). The highest BCUT2D eigenvalue weighted by Gasteiger charge is 2.15. The molecule has 0 bridgehead atoms. The molecule has 0 aliphatic rings. The van der Waals surface area contributed by atoms with Gasteiger partial charge in [-0.2, -0.15) is 0 Å². The van der Waals surface area contributed by atoms with Gasteiger partial charge in [-0.1, -0.05) is 17.8 Å². The standard InChI is InChI=1S/C18H28N6O3S/c1-18(2,3)20-16(25)12-27-14-7-6-13(10-15(14)26-5)11-19-8-9-28-17-21-22-23-24(17)4/h6-7,10,19H,8-9,11-12H2,1-5H3,(H,20,25). The van der Waals surface area contributed by atoms with Crippen LogP contribution in [0.3, 0.4) is 0 Å². The number of hydrogen-bond donors (Lipinski definition) is 2. The Morgan fingerprint density at radius 1 is 1.29 bits per heavy atom. The maximum absolute atomic E-state index is 11.9. The van der Waals surface area contributed by atoms with Crippen molar-refractivity contribution in [3.05, 3.63) is 23.8 Å². The van der Waals surface area contributed by atoms with Crippen molar-refractivity contribution in [1.82, 2.24) is 30.8 Å². The molecule has 0 fully saturated rings. The summed E-state index contributed by atoms with van der Waals surface area (Å²) >= 11 is 1.59. The third-order valence-corrected chi connectivity index (χ3v) is 4.53. The molecule has 1 aromatic heterocycles. The number of carbonyl (C=O) groups excluding carboxylic acids is 1. The predicted octanol–water partition coefficient (Wildman–Crippen LogP) is 1.39. The lowest BCUT2D eigenvalue weighted by Crippen LogP contribution is -2.43. The molecule has 0 aliphatic carbocycles. The lowest BCUT2D eigenvalue weighted by molar-refractivity contribution is -0.124. The van der Waals surface area contributed by atoms with Gasteiger partial charge in [-0.15, -0.1) is 5.10 Å². The third-order valence-electron chi connectivity index (χ3n) is 3.52. The number of nitrogens with zero attached hydrogens (tertiary/aromatic N) is 4. The van der Waals surface area contributed by atoms with Crippen LogP contribution in [-0.4, -0.2) is 57.7 Å². The zero-order valence-electron chi connectivity index (χ0n) is 17.0. The van der Waals surface area contributed by atoms with Gasteiger partial charge in [0, 0.05) is 31.4 Å². The lowest BCUT2D eigenvalue weighted by atomic mass is 10.1. The van der Waals surface area contributed by atoms with Crippen molar-refractivity contribution in [3.8, 4) is 11.5 Å². The topological polar surface area (TPSA) is 103 Å². The van der Waals surface area contributed by atoms with E-state index in [1.807, 2.05) is 46.0 Å². The fourth-order valence-electron chi connectivity index (χ4n) is 2.33. The summed E-state index contributed by atoms with van der Waals surface area (Å²) in [4.78, 5) is 11.9. The zero-order chi connectivity index (χ0) is 20.6. The number of carbonyl (C=O) groups is 1. The van der Waals surface area contributed by atoms with Crippen LogP contribution in [0.4, 0.5) is 0 Å². The van der Waals surface area contributed by atoms with Crippen LogP contribution >= 0.6 is 11.8 Å². The Bertz CT molecular complexity index is 775. The predicted molar refractivity (Wildman–Crippen MR) is 108 cm³/mol. The lowest BCUT2D eigenvalue weighted by Gasteiger charge is -2.20. The molecule has 28 heavy (non-hydrogen) atoms. The van der Waals surface area contributed by atoms with Crippen LogP contribution in [0.2, 0.25) is 0 Å². The molecule has 0 atom stereocenters. The van der Waals surface area contributed by atoms with Gasteiger partial charge in [0.1, 0.15) is 0 Å². The highest BCUT2D eigenvalue weighted by molar-refractivity contribution is 7.99. The fraction of sp³-hybridized carbons (Fsp3) is 0.556. The minimum Gasteiger partial charge on any atom is -0.493 e. The minimum atomic E-state index is -0.290. The van der Waals surface area contributed by atoms with Crippen molar-refractivity contribution in [3.63, 3.8) is 0 Å². The zero-order valence-corrected chi connectivity index (χ0v) is 17.8. The van der Waals surface area contributed by atoms with Gasteiger partial charge in [-0.25, -0.2) is 4.68 Å². The molecular weight excluding hydrogens is 380 g/mol. The molecule has 0 unspecified atom stereocenters. The monoisotopic (exact) mass is 408 g/mol. The fourth-order valence-corrected chi connectivity index (χ4v) is 3.08. The summed E-state index contributed by atoms with van der Waals surface area (Å²) in [5.74, 6) is 1.83. The van der Waals surface area contributed by atoms with E-state index in [9.17, 15) is 4.79 Å². The summed E-state index contributed by atoms with van der Waals surface area (Å²) in [6.07, 6.45) is 0. The summed E-state index contributed by atoms with van der Waals surface area (Å²) < 4.78 is 12.6. The molecule has 10 heteroatoms. The number of hydrogen-bond acceptors (Lipinski definition) is 8. The van der Waals surface area contributed by atoms with Gasteiger partial charge in [0.25, 0.3) is 5.91 Å². The van der Waals surface area contributed by atoms with E-state index in [0.717, 1.165) is 23.0 Å². The van der Waals surface area contributed by atoms with Crippen molar-refractivity contribution >= 4 is 17.7 Å². The van der Waals surface area contributed by atoms with Gasteiger partial charge >= 0.3 is 0 Å². The smallest absolute Gasteiger partial charge is 0.258 e. The van der Waals surface area contributed by atoms with Crippen LogP contribution in [0.1, 0.15) is 26.3 Å². The minimum absolute atomic E-state index is 0.0562. The summed E-state index contributed by atoms with van der Waals surface area (Å²) in [5.41, 5.74) is 0.774. The van der Waals surface area contributed by atoms with Crippen molar-refractivity contribution in [2.45, 2.75) is 38.0 Å². The third kappa shape index (κ3) is 7.35. The second-order valence-corrected chi connectivity index (χ2v) is 8.24. The van der Waals surface area contributed by atoms with Crippen LogP contribution < -0.4 is 20.1 Å². The van der Waals surface area contributed by atoms with E-state index in [1.165, 1.54) is 0 Å².